The number of hydrogen-bond acceptors (Lipinski definition) is 14. The van der Waals surface area contributed by atoms with Gasteiger partial charge in [0.1, 0.15) is 5.75 Å². The number of piperidine rings is 1. The summed E-state index contributed by atoms with van der Waals surface area (Å²) in [5, 5.41) is 35.9. The van der Waals surface area contributed by atoms with Gasteiger partial charge in [0.25, 0.3) is 0 Å². The zero-order chi connectivity index (χ0) is 48.1. The maximum atomic E-state index is 15.7. The number of phenols is 1. The third-order valence-electron chi connectivity index (χ3n) is 17.4. The van der Waals surface area contributed by atoms with Crippen LogP contribution in [-0.4, -0.2) is 144 Å². The number of aliphatic hydroxyl groups is 2. The van der Waals surface area contributed by atoms with E-state index in [9.17, 15) is 29.7 Å². The fourth-order valence-corrected chi connectivity index (χ4v) is 15.9. The quantitative estimate of drug-likeness (QED) is 0.119. The predicted octanol–water partition coefficient (Wildman–Crippen LogP) is 5.44. The minimum absolute atomic E-state index is 0.135. The van der Waals surface area contributed by atoms with Crippen LogP contribution in [0.4, 0.5) is 0 Å². The van der Waals surface area contributed by atoms with E-state index in [4.69, 9.17) is 18.9 Å². The molecule has 3 saturated heterocycles. The van der Waals surface area contributed by atoms with E-state index in [1.165, 1.54) is 26.0 Å². The van der Waals surface area contributed by atoms with E-state index in [-0.39, 0.29) is 11.7 Å². The van der Waals surface area contributed by atoms with Crippen LogP contribution in [0.25, 0.3) is 5.57 Å². The summed E-state index contributed by atoms with van der Waals surface area (Å²) in [6.07, 6.45) is 9.63. The van der Waals surface area contributed by atoms with Crippen LogP contribution in [0.15, 0.2) is 93.4 Å². The second-order valence-electron chi connectivity index (χ2n) is 20.5. The number of hydrogen-bond donors (Lipinski definition) is 3. The first-order valence-electron chi connectivity index (χ1n) is 24.1. The Kier molecular flexibility index (Phi) is 11.7. The lowest BCUT2D eigenvalue weighted by Crippen LogP contribution is -2.80. The lowest BCUT2D eigenvalue weighted by atomic mass is 9.47. The Labute approximate surface area is 402 Å². The van der Waals surface area contributed by atoms with Gasteiger partial charge >= 0.3 is 17.9 Å². The van der Waals surface area contributed by atoms with Crippen LogP contribution in [0.1, 0.15) is 70.4 Å². The molecule has 5 heterocycles. The van der Waals surface area contributed by atoms with E-state index in [0.29, 0.717) is 89.8 Å². The van der Waals surface area contributed by atoms with Crippen molar-refractivity contribution in [3.8, 4) is 5.75 Å². The highest BCUT2D eigenvalue weighted by atomic mass is 32.2. The fourth-order valence-electron chi connectivity index (χ4n) is 14.9. The van der Waals surface area contributed by atoms with E-state index in [1.54, 1.807) is 31.0 Å². The third-order valence-corrected chi connectivity index (χ3v) is 18.4. The second kappa shape index (κ2) is 17.0. The summed E-state index contributed by atoms with van der Waals surface area (Å²) < 4.78 is 24.2. The van der Waals surface area contributed by atoms with Crippen LogP contribution >= 0.6 is 11.8 Å². The van der Waals surface area contributed by atoms with Crippen molar-refractivity contribution in [1.29, 1.82) is 0 Å². The lowest BCUT2D eigenvalue weighted by Gasteiger charge is -2.63. The smallest absolute Gasteiger partial charge is 0.344 e. The highest BCUT2D eigenvalue weighted by Crippen LogP contribution is 2.71. The first-order valence-corrected chi connectivity index (χ1v) is 24.9. The van der Waals surface area contributed by atoms with E-state index in [2.05, 4.69) is 34.1 Å². The van der Waals surface area contributed by atoms with Crippen molar-refractivity contribution >= 4 is 41.7 Å². The number of aromatic hydroxyl groups is 1. The van der Waals surface area contributed by atoms with Crippen molar-refractivity contribution in [2.45, 2.75) is 111 Å². The van der Waals surface area contributed by atoms with Gasteiger partial charge in [-0.15, -0.1) is 0 Å². The van der Waals surface area contributed by atoms with Gasteiger partial charge in [-0.1, -0.05) is 56.0 Å². The standard InChI is InChI=1S/C53H63N3O11S/c1-7-49(62)26-32-27-52(47(60)65-5,39-21-33-13-14-36(68-35-12-9-11-34(59)22-35)23-38(33)37(39)15-19-54(28-32)29-49)41-24-40-42(25-43(41)64-4)56(30-57)45-51(40)17-20-55-18-10-16-50(8-2,44(51)55)46(67-31(3)58)53(45,63)48(61)66-6/h9-14,16,22-25,30,32,41,43-46,59,62-63H,7-8,15,17-21,26-29H2,1-6H3/t32-,41?,43?,44+,45-,46-,49+,50-,51-,52-,53+/m1/s1. The number of amides is 1. The van der Waals surface area contributed by atoms with E-state index in [1.807, 2.05) is 44.2 Å². The summed E-state index contributed by atoms with van der Waals surface area (Å²) in [7, 11) is 4.21. The molecule has 8 aliphatic rings. The molecule has 68 heavy (non-hydrogen) atoms. The van der Waals surface area contributed by atoms with Gasteiger partial charge in [-0.05, 0) is 122 Å². The number of carbonyl (C=O) groups is 4. The van der Waals surface area contributed by atoms with Crippen molar-refractivity contribution in [3.63, 3.8) is 0 Å². The Balaban J connectivity index is 1.22. The number of allylic oxidation sites excluding steroid dienone is 1. The number of nitrogens with zero attached hydrogens (tertiary/aromatic N) is 3. The van der Waals surface area contributed by atoms with E-state index < -0.39 is 75.6 Å². The van der Waals surface area contributed by atoms with Crippen molar-refractivity contribution < 1.29 is 53.4 Å². The molecule has 5 aliphatic heterocycles. The Morgan fingerprint density at radius 3 is 2.41 bits per heavy atom. The van der Waals surface area contributed by atoms with Gasteiger partial charge in [0.2, 0.25) is 12.0 Å². The summed E-state index contributed by atoms with van der Waals surface area (Å²) in [6.45, 7) is 8.19. The number of ether oxygens (including phenoxy) is 4. The van der Waals surface area contributed by atoms with Gasteiger partial charge in [0, 0.05) is 78.5 Å². The number of benzene rings is 2. The summed E-state index contributed by atoms with van der Waals surface area (Å²) in [6, 6.07) is 11.8. The van der Waals surface area contributed by atoms with Crippen LogP contribution in [-0.2, 0) is 44.5 Å². The number of rotatable bonds is 10. The first-order chi connectivity index (χ1) is 32.6. The van der Waals surface area contributed by atoms with Gasteiger partial charge in [0.15, 0.2) is 6.10 Å². The minimum Gasteiger partial charge on any atom is -0.508 e. The fraction of sp³-hybridized carbons (Fsp3) is 0.547. The zero-order valence-corrected chi connectivity index (χ0v) is 40.6. The maximum absolute atomic E-state index is 15.7. The normalized spacial score (nSPS) is 37.8. The number of phenolic OH excluding ortho intramolecular Hbond substituents is 1. The molecule has 3 N–H and O–H groups in total. The average Bonchev–Trinajstić information content (AvgIpc) is 4.00. The molecular weight excluding hydrogens is 887 g/mol. The lowest BCUT2D eigenvalue weighted by molar-refractivity contribution is -0.242. The van der Waals surface area contributed by atoms with Gasteiger partial charge in [0.05, 0.1) is 37.4 Å². The number of likely N-dealkylation sites (tertiary alicyclic amines) is 1. The van der Waals surface area contributed by atoms with Gasteiger partial charge in [-0.3, -0.25) is 24.2 Å². The highest BCUT2D eigenvalue weighted by Gasteiger charge is 2.82. The van der Waals surface area contributed by atoms with Gasteiger partial charge in [-0.25, -0.2) is 4.79 Å². The molecule has 1 spiro atoms. The summed E-state index contributed by atoms with van der Waals surface area (Å²) in [5.41, 5.74) is -1.82. The molecule has 2 aromatic carbocycles. The molecule has 362 valence electrons. The Morgan fingerprint density at radius 1 is 0.941 bits per heavy atom. The molecule has 3 unspecified atom stereocenters. The second-order valence-corrected chi connectivity index (χ2v) is 21.6. The van der Waals surface area contributed by atoms with E-state index in [0.717, 1.165) is 37.6 Å². The van der Waals surface area contributed by atoms with Gasteiger partial charge < -0.3 is 39.2 Å². The molecule has 2 aromatic rings. The van der Waals surface area contributed by atoms with Crippen molar-refractivity contribution in [3.05, 3.63) is 94.7 Å². The van der Waals surface area contributed by atoms with Crippen molar-refractivity contribution in [2.24, 2.45) is 28.1 Å². The SMILES string of the molecule is CC[C@]1(O)C[C@H]2CN(CCC3=C(Cc4ccc(Sc5cccc(O)c5)cc43)[C@@](C(=O)OC)(C3C=C4C(=CC3OC)N(C=O)[C@H]3[C@@](O)(C(=O)OC)[C@H](OC(C)=O)[C@]5(CC)C=CCN6CC[C@]43[C@@H]65)C2)C1. The molecular formula is C53H63N3O11S. The van der Waals surface area contributed by atoms with E-state index >= 15 is 4.79 Å². The van der Waals surface area contributed by atoms with Crippen molar-refractivity contribution in [2.75, 3.05) is 54.1 Å². The first kappa shape index (κ1) is 46.9. The zero-order valence-electron chi connectivity index (χ0n) is 39.7. The predicted molar refractivity (Wildman–Crippen MR) is 252 cm³/mol. The highest BCUT2D eigenvalue weighted by molar-refractivity contribution is 7.99. The Morgan fingerprint density at radius 2 is 1.72 bits per heavy atom. The molecule has 10 rings (SSSR count). The molecule has 1 saturated carbocycles. The monoisotopic (exact) mass is 949 g/mol. The maximum Gasteiger partial charge on any atom is 0.344 e. The number of methoxy groups -OCH3 is 3. The van der Waals surface area contributed by atoms with Crippen LogP contribution in [0.5, 0.6) is 5.75 Å². The Bertz CT molecular complexity index is 2580. The van der Waals surface area contributed by atoms with Gasteiger partial charge in [-0.2, -0.15) is 0 Å². The van der Waals surface area contributed by atoms with Crippen LogP contribution in [0, 0.1) is 28.1 Å². The topological polar surface area (TPSA) is 176 Å². The Hall–Kier alpha value is -4.77. The summed E-state index contributed by atoms with van der Waals surface area (Å²) in [5.74, 6) is -2.81. The third kappa shape index (κ3) is 6.62. The molecule has 0 aromatic heterocycles. The van der Waals surface area contributed by atoms with Crippen LogP contribution < -0.4 is 0 Å². The number of fused-ring (bicyclic) bond motifs is 5. The molecule has 14 nitrogen and oxygen atoms in total. The largest absolute Gasteiger partial charge is 0.508 e. The summed E-state index contributed by atoms with van der Waals surface area (Å²) >= 11 is 1.55. The van der Waals surface area contributed by atoms with Crippen molar-refractivity contribution in [1.82, 2.24) is 14.7 Å². The minimum atomic E-state index is -2.53. The molecule has 12 atom stereocenters. The number of carbonyl (C=O) groups excluding carboxylic acids is 4. The average molecular weight is 950 g/mol. The molecule has 15 heteroatoms. The molecule has 0 radical (unpaired) electrons. The molecule has 4 fully saturated rings. The summed E-state index contributed by atoms with van der Waals surface area (Å²) in [4.78, 5) is 65.2. The molecule has 2 bridgehead atoms. The molecule has 1 amide bonds. The molecule has 3 aliphatic carbocycles. The van der Waals surface area contributed by atoms with Crippen LogP contribution in [0.3, 0.4) is 0 Å². The van der Waals surface area contributed by atoms with Crippen LogP contribution in [0.2, 0.25) is 0 Å². The number of esters is 3.